The summed E-state index contributed by atoms with van der Waals surface area (Å²) in [6, 6.07) is 0. The number of hydrogen-bond donors (Lipinski definition) is 2. The predicted molar refractivity (Wildman–Crippen MR) is 39.1 cm³/mol. The largest absolute Gasteiger partial charge is 0.368 e. The zero-order valence-corrected chi connectivity index (χ0v) is 6.26. The minimum absolute atomic E-state index is 0.324. The van der Waals surface area contributed by atoms with Gasteiger partial charge in [-0.05, 0) is 25.7 Å². The van der Waals surface area contributed by atoms with Gasteiger partial charge in [-0.2, -0.15) is 0 Å². The lowest BCUT2D eigenvalue weighted by Crippen LogP contribution is -2.56. The number of nitrogens with two attached hydrogens (primary N) is 2. The van der Waals surface area contributed by atoms with Crippen molar-refractivity contribution in [1.82, 2.24) is 0 Å². The minimum Gasteiger partial charge on any atom is -0.368 e. The Hall–Kier alpha value is -0.570. The molecule has 1 unspecified atom stereocenters. The van der Waals surface area contributed by atoms with Crippen molar-refractivity contribution in [3.05, 3.63) is 0 Å². The molecule has 0 aromatic heterocycles. The van der Waals surface area contributed by atoms with Crippen molar-refractivity contribution in [3.8, 4) is 0 Å². The van der Waals surface area contributed by atoms with Crippen LogP contribution in [0.25, 0.3) is 0 Å². The lowest BCUT2D eigenvalue weighted by molar-refractivity contribution is -0.125. The molecule has 10 heavy (non-hydrogen) atoms. The standard InChI is InChI=1S/C7H14N2O/c1-7(9,6(8)10)5-3-2-4-5/h5H,2-4,9H2,1H3,(H2,8,10). The van der Waals surface area contributed by atoms with Gasteiger partial charge < -0.3 is 11.5 Å². The van der Waals surface area contributed by atoms with Crippen LogP contribution in [-0.2, 0) is 4.79 Å². The average Bonchev–Trinajstić information content (AvgIpc) is 1.57. The second kappa shape index (κ2) is 2.23. The highest BCUT2D eigenvalue weighted by Gasteiger charge is 2.38. The number of rotatable bonds is 2. The van der Waals surface area contributed by atoms with Crippen LogP contribution in [0.3, 0.4) is 0 Å². The van der Waals surface area contributed by atoms with E-state index in [0.29, 0.717) is 5.92 Å². The van der Waals surface area contributed by atoms with Crippen LogP contribution in [0.1, 0.15) is 26.2 Å². The summed E-state index contributed by atoms with van der Waals surface area (Å²) in [7, 11) is 0. The molecule has 3 heteroatoms. The second-order valence-corrected chi connectivity index (χ2v) is 3.27. The van der Waals surface area contributed by atoms with E-state index in [4.69, 9.17) is 11.5 Å². The molecule has 4 N–H and O–H groups in total. The van der Waals surface area contributed by atoms with Crippen molar-refractivity contribution in [3.63, 3.8) is 0 Å². The van der Waals surface area contributed by atoms with Crippen molar-refractivity contribution >= 4 is 5.91 Å². The molecule has 0 aliphatic heterocycles. The molecule has 1 atom stereocenters. The first-order valence-corrected chi connectivity index (χ1v) is 3.64. The molecule has 0 heterocycles. The molecule has 0 radical (unpaired) electrons. The summed E-state index contributed by atoms with van der Waals surface area (Å²) in [6.45, 7) is 1.72. The molecule has 0 saturated heterocycles. The van der Waals surface area contributed by atoms with E-state index >= 15 is 0 Å². The van der Waals surface area contributed by atoms with E-state index in [2.05, 4.69) is 0 Å². The van der Waals surface area contributed by atoms with Crippen molar-refractivity contribution in [2.24, 2.45) is 17.4 Å². The number of primary amides is 1. The SMILES string of the molecule is CC(N)(C(N)=O)C1CCC1. The van der Waals surface area contributed by atoms with Crippen LogP contribution in [-0.4, -0.2) is 11.4 Å². The maximum Gasteiger partial charge on any atom is 0.237 e. The molecule has 1 fully saturated rings. The summed E-state index contributed by atoms with van der Waals surface area (Å²) < 4.78 is 0. The molecule has 0 aromatic rings. The van der Waals surface area contributed by atoms with Crippen LogP contribution in [0.15, 0.2) is 0 Å². The Morgan fingerprint density at radius 3 is 2.20 bits per heavy atom. The highest BCUT2D eigenvalue weighted by atomic mass is 16.1. The first kappa shape index (κ1) is 7.54. The van der Waals surface area contributed by atoms with Gasteiger partial charge in [0.1, 0.15) is 0 Å². The third-order valence-corrected chi connectivity index (χ3v) is 2.48. The fourth-order valence-electron chi connectivity index (χ4n) is 1.21. The summed E-state index contributed by atoms with van der Waals surface area (Å²) in [4.78, 5) is 10.8. The first-order valence-electron chi connectivity index (χ1n) is 3.64. The molecular formula is C7H14N2O. The maximum absolute atomic E-state index is 10.8. The van der Waals surface area contributed by atoms with Gasteiger partial charge in [0.25, 0.3) is 0 Å². The van der Waals surface area contributed by atoms with Crippen molar-refractivity contribution in [1.29, 1.82) is 0 Å². The Labute approximate surface area is 60.8 Å². The number of carbonyl (C=O) groups excluding carboxylic acids is 1. The van der Waals surface area contributed by atoms with E-state index in [1.54, 1.807) is 6.92 Å². The molecule has 0 spiro atoms. The van der Waals surface area contributed by atoms with Gasteiger partial charge in [-0.3, -0.25) is 4.79 Å². The zero-order chi connectivity index (χ0) is 7.78. The van der Waals surface area contributed by atoms with Gasteiger partial charge >= 0.3 is 0 Å². The lowest BCUT2D eigenvalue weighted by atomic mass is 9.72. The summed E-state index contributed by atoms with van der Waals surface area (Å²) in [5, 5.41) is 0. The topological polar surface area (TPSA) is 69.1 Å². The summed E-state index contributed by atoms with van der Waals surface area (Å²) >= 11 is 0. The van der Waals surface area contributed by atoms with E-state index in [-0.39, 0.29) is 5.91 Å². The van der Waals surface area contributed by atoms with Gasteiger partial charge in [0.2, 0.25) is 5.91 Å². The van der Waals surface area contributed by atoms with Crippen LogP contribution in [0.2, 0.25) is 0 Å². The Morgan fingerprint density at radius 2 is 2.10 bits per heavy atom. The van der Waals surface area contributed by atoms with E-state index in [1.165, 1.54) is 6.42 Å². The van der Waals surface area contributed by atoms with Gasteiger partial charge in [0, 0.05) is 0 Å². The Balaban J connectivity index is 2.57. The molecule has 1 rings (SSSR count). The number of amides is 1. The summed E-state index contributed by atoms with van der Waals surface area (Å²) in [6.07, 6.45) is 3.29. The van der Waals surface area contributed by atoms with Gasteiger partial charge in [0.05, 0.1) is 5.54 Å². The normalized spacial score (nSPS) is 25.0. The summed E-state index contributed by atoms with van der Waals surface area (Å²) in [5.74, 6) is -0.0535. The molecule has 1 aliphatic rings. The van der Waals surface area contributed by atoms with E-state index < -0.39 is 5.54 Å². The predicted octanol–water partition coefficient (Wildman–Crippen LogP) is -0.0108. The quantitative estimate of drug-likeness (QED) is 0.569. The van der Waals surface area contributed by atoms with E-state index in [0.717, 1.165) is 12.8 Å². The van der Waals surface area contributed by atoms with Crippen LogP contribution < -0.4 is 11.5 Å². The Morgan fingerprint density at radius 1 is 1.60 bits per heavy atom. The third kappa shape index (κ3) is 1.01. The monoisotopic (exact) mass is 142 g/mol. The summed E-state index contributed by atoms with van der Waals surface area (Å²) in [5.41, 5.74) is 10.0. The molecule has 3 nitrogen and oxygen atoms in total. The zero-order valence-electron chi connectivity index (χ0n) is 6.26. The van der Waals surface area contributed by atoms with Crippen LogP contribution in [0.5, 0.6) is 0 Å². The molecule has 1 saturated carbocycles. The first-order chi connectivity index (χ1) is 4.55. The van der Waals surface area contributed by atoms with Crippen LogP contribution >= 0.6 is 0 Å². The average molecular weight is 142 g/mol. The molecule has 1 amide bonds. The smallest absolute Gasteiger partial charge is 0.237 e. The highest BCUT2D eigenvalue weighted by Crippen LogP contribution is 2.34. The molecule has 58 valence electrons. The van der Waals surface area contributed by atoms with Gasteiger partial charge in [-0.15, -0.1) is 0 Å². The lowest BCUT2D eigenvalue weighted by Gasteiger charge is -2.37. The number of carbonyl (C=O) groups is 1. The van der Waals surface area contributed by atoms with Gasteiger partial charge in [-0.1, -0.05) is 6.42 Å². The van der Waals surface area contributed by atoms with E-state index in [9.17, 15) is 4.79 Å². The molecular weight excluding hydrogens is 128 g/mol. The van der Waals surface area contributed by atoms with Crippen LogP contribution in [0.4, 0.5) is 0 Å². The minimum atomic E-state index is -0.766. The fraction of sp³-hybridized carbons (Fsp3) is 0.857. The van der Waals surface area contributed by atoms with E-state index in [1.807, 2.05) is 0 Å². The van der Waals surface area contributed by atoms with Crippen LogP contribution in [0, 0.1) is 5.92 Å². The van der Waals surface area contributed by atoms with Crippen molar-refractivity contribution in [2.45, 2.75) is 31.7 Å². The Kier molecular flexibility index (Phi) is 1.68. The fourth-order valence-corrected chi connectivity index (χ4v) is 1.21. The molecule has 1 aliphatic carbocycles. The highest BCUT2D eigenvalue weighted by molar-refractivity contribution is 5.84. The molecule has 0 aromatic carbocycles. The number of hydrogen-bond acceptors (Lipinski definition) is 2. The third-order valence-electron chi connectivity index (χ3n) is 2.48. The maximum atomic E-state index is 10.8. The van der Waals surface area contributed by atoms with Crippen molar-refractivity contribution in [2.75, 3.05) is 0 Å². The van der Waals surface area contributed by atoms with Gasteiger partial charge in [-0.25, -0.2) is 0 Å². The van der Waals surface area contributed by atoms with Crippen molar-refractivity contribution < 1.29 is 4.79 Å². The second-order valence-electron chi connectivity index (χ2n) is 3.27. The van der Waals surface area contributed by atoms with Gasteiger partial charge in [0.15, 0.2) is 0 Å². The Bertz CT molecular complexity index is 150. The molecule has 0 bridgehead atoms.